The largest absolute Gasteiger partial charge is 0.416 e. The van der Waals surface area contributed by atoms with Crippen molar-refractivity contribution in [1.29, 1.82) is 0 Å². The van der Waals surface area contributed by atoms with E-state index in [4.69, 9.17) is 0 Å². The molecule has 2 heterocycles. The highest BCUT2D eigenvalue weighted by Gasteiger charge is 2.38. The molecule has 1 aliphatic heterocycles. The van der Waals surface area contributed by atoms with Crippen LogP contribution in [0.3, 0.4) is 0 Å². The number of aliphatic hydroxyl groups excluding tert-OH is 1. The topological polar surface area (TPSA) is 53.4 Å². The van der Waals surface area contributed by atoms with Crippen molar-refractivity contribution < 1.29 is 23.1 Å². The highest BCUT2D eigenvalue weighted by Crippen LogP contribution is 2.36. The van der Waals surface area contributed by atoms with Crippen LogP contribution in [0.25, 0.3) is 0 Å². The number of carbonyl (C=O) groups is 1. The summed E-state index contributed by atoms with van der Waals surface area (Å²) in [6.07, 6.45) is -5.05. The molecule has 3 rings (SSSR count). The average Bonchev–Trinajstić information content (AvgIpc) is 2.95. The molecule has 2 atom stereocenters. The zero-order valence-electron chi connectivity index (χ0n) is 13.5. The zero-order chi connectivity index (χ0) is 18.2. The number of amides is 1. The number of likely N-dealkylation sites (tertiary alicyclic amines) is 1. The standard InChI is InChI=1S/C18H17F3N2O2/c1-11-4-2-7-15(22-11)17(25)23-10-14(24)9-16(23)12-5-3-6-13(8-12)18(19,20)21/h2-8,14,16,24H,9-10H2,1H3/t14-,16-/m0/s1. The molecule has 1 saturated heterocycles. The maximum Gasteiger partial charge on any atom is 0.416 e. The van der Waals surface area contributed by atoms with Gasteiger partial charge in [0, 0.05) is 12.2 Å². The minimum absolute atomic E-state index is 0.0648. The molecule has 1 aromatic heterocycles. The predicted molar refractivity (Wildman–Crippen MR) is 84.8 cm³/mol. The van der Waals surface area contributed by atoms with Crippen LogP contribution >= 0.6 is 0 Å². The summed E-state index contributed by atoms with van der Waals surface area (Å²) in [4.78, 5) is 18.3. The van der Waals surface area contributed by atoms with Crippen LogP contribution in [0.2, 0.25) is 0 Å². The number of benzene rings is 1. The highest BCUT2D eigenvalue weighted by atomic mass is 19.4. The third kappa shape index (κ3) is 3.66. The fourth-order valence-corrected chi connectivity index (χ4v) is 3.09. The third-order valence-electron chi connectivity index (χ3n) is 4.25. The van der Waals surface area contributed by atoms with Gasteiger partial charge >= 0.3 is 6.18 Å². The van der Waals surface area contributed by atoms with E-state index < -0.39 is 29.8 Å². The molecule has 1 N–H and O–H groups in total. The van der Waals surface area contributed by atoms with Gasteiger partial charge in [-0.1, -0.05) is 18.2 Å². The number of nitrogens with zero attached hydrogens (tertiary/aromatic N) is 2. The maximum atomic E-state index is 13.0. The number of carbonyl (C=O) groups excluding carboxylic acids is 1. The van der Waals surface area contributed by atoms with E-state index in [1.807, 2.05) is 0 Å². The van der Waals surface area contributed by atoms with Crippen molar-refractivity contribution in [2.75, 3.05) is 6.54 Å². The first-order chi connectivity index (χ1) is 11.8. The number of hydrogen-bond acceptors (Lipinski definition) is 3. The summed E-state index contributed by atoms with van der Waals surface area (Å²) in [7, 11) is 0. The molecule has 0 aliphatic carbocycles. The lowest BCUT2D eigenvalue weighted by atomic mass is 10.0. The van der Waals surface area contributed by atoms with Crippen LogP contribution in [0.15, 0.2) is 42.5 Å². The molecular weight excluding hydrogens is 333 g/mol. The average molecular weight is 350 g/mol. The van der Waals surface area contributed by atoms with Gasteiger partial charge in [-0.3, -0.25) is 4.79 Å². The van der Waals surface area contributed by atoms with Crippen LogP contribution in [0.4, 0.5) is 13.2 Å². The molecule has 7 heteroatoms. The summed E-state index contributed by atoms with van der Waals surface area (Å²) in [6.45, 7) is 1.81. The predicted octanol–water partition coefficient (Wildman–Crippen LogP) is 3.36. The number of hydrogen-bond donors (Lipinski definition) is 1. The fraction of sp³-hybridized carbons (Fsp3) is 0.333. The Kier molecular flexibility index (Phi) is 4.51. The lowest BCUT2D eigenvalue weighted by Crippen LogP contribution is -2.32. The second-order valence-electron chi connectivity index (χ2n) is 6.15. The lowest BCUT2D eigenvalue weighted by molar-refractivity contribution is -0.137. The van der Waals surface area contributed by atoms with E-state index in [1.165, 1.54) is 11.0 Å². The summed E-state index contributed by atoms with van der Waals surface area (Å²) in [5, 5.41) is 9.97. The molecule has 0 radical (unpaired) electrons. The molecule has 4 nitrogen and oxygen atoms in total. The second-order valence-corrected chi connectivity index (χ2v) is 6.15. The number of rotatable bonds is 2. The minimum atomic E-state index is -4.46. The Morgan fingerprint density at radius 1 is 1.24 bits per heavy atom. The van der Waals surface area contributed by atoms with Crippen LogP contribution in [0, 0.1) is 6.92 Å². The van der Waals surface area contributed by atoms with Gasteiger partial charge in [-0.15, -0.1) is 0 Å². The lowest BCUT2D eigenvalue weighted by Gasteiger charge is -2.25. The van der Waals surface area contributed by atoms with Gasteiger partial charge < -0.3 is 10.0 Å². The first-order valence-corrected chi connectivity index (χ1v) is 7.85. The van der Waals surface area contributed by atoms with Crippen LogP contribution in [-0.4, -0.2) is 33.5 Å². The van der Waals surface area contributed by atoms with Crippen molar-refractivity contribution in [3.63, 3.8) is 0 Å². The number of β-amino-alcohol motifs (C(OH)–C–C–N with tert-alkyl or cyclic N) is 1. The number of alkyl halides is 3. The van der Waals surface area contributed by atoms with Gasteiger partial charge in [0.1, 0.15) is 5.69 Å². The van der Waals surface area contributed by atoms with Gasteiger partial charge in [0.05, 0.1) is 17.7 Å². The van der Waals surface area contributed by atoms with Gasteiger partial charge in [-0.2, -0.15) is 13.2 Å². The second kappa shape index (κ2) is 6.48. The summed E-state index contributed by atoms with van der Waals surface area (Å²) < 4.78 is 38.9. The molecule has 1 aromatic carbocycles. The molecule has 1 amide bonds. The Balaban J connectivity index is 1.94. The number of aryl methyl sites for hydroxylation is 1. The van der Waals surface area contributed by atoms with Crippen molar-refractivity contribution >= 4 is 5.91 Å². The Labute approximate surface area is 142 Å². The molecular formula is C18H17F3N2O2. The summed E-state index contributed by atoms with van der Waals surface area (Å²) in [6, 6.07) is 9.27. The SMILES string of the molecule is Cc1cccc(C(=O)N2C[C@@H](O)C[C@H]2c2cccc(C(F)(F)F)c2)n1. The van der Waals surface area contributed by atoms with Gasteiger partial charge in [-0.25, -0.2) is 4.98 Å². The molecule has 1 aliphatic rings. The van der Waals surface area contributed by atoms with Gasteiger partial charge in [0.15, 0.2) is 0 Å². The summed E-state index contributed by atoms with van der Waals surface area (Å²) in [5.41, 5.74) is 0.465. The van der Waals surface area contributed by atoms with Crippen LogP contribution in [-0.2, 0) is 6.18 Å². The smallest absolute Gasteiger partial charge is 0.391 e. The van der Waals surface area contributed by atoms with Crippen molar-refractivity contribution in [2.45, 2.75) is 31.7 Å². The minimum Gasteiger partial charge on any atom is -0.391 e. The fourth-order valence-electron chi connectivity index (χ4n) is 3.09. The molecule has 1 fully saturated rings. The highest BCUT2D eigenvalue weighted by molar-refractivity contribution is 5.92. The molecule has 0 bridgehead atoms. The number of halogens is 3. The van der Waals surface area contributed by atoms with E-state index in [1.54, 1.807) is 31.2 Å². The molecule has 0 spiro atoms. The number of pyridine rings is 1. The first-order valence-electron chi connectivity index (χ1n) is 7.85. The maximum absolute atomic E-state index is 13.0. The van der Waals surface area contributed by atoms with Gasteiger partial charge in [-0.05, 0) is 43.2 Å². The van der Waals surface area contributed by atoms with E-state index in [0.29, 0.717) is 11.3 Å². The Morgan fingerprint density at radius 3 is 2.64 bits per heavy atom. The van der Waals surface area contributed by atoms with E-state index in [2.05, 4.69) is 4.98 Å². The quantitative estimate of drug-likeness (QED) is 0.904. The van der Waals surface area contributed by atoms with E-state index in [9.17, 15) is 23.1 Å². The molecule has 0 unspecified atom stereocenters. The summed E-state index contributed by atoms with van der Waals surface area (Å²) >= 11 is 0. The Morgan fingerprint density at radius 2 is 1.96 bits per heavy atom. The van der Waals surface area contributed by atoms with Gasteiger partial charge in [0.2, 0.25) is 0 Å². The van der Waals surface area contributed by atoms with E-state index in [-0.39, 0.29) is 18.7 Å². The van der Waals surface area contributed by atoms with Crippen molar-refractivity contribution in [1.82, 2.24) is 9.88 Å². The van der Waals surface area contributed by atoms with Crippen molar-refractivity contribution in [3.05, 3.63) is 65.0 Å². The monoisotopic (exact) mass is 350 g/mol. The van der Waals surface area contributed by atoms with E-state index in [0.717, 1.165) is 12.1 Å². The molecule has 2 aromatic rings. The van der Waals surface area contributed by atoms with E-state index >= 15 is 0 Å². The number of aromatic nitrogens is 1. The normalized spacial score (nSPS) is 20.8. The van der Waals surface area contributed by atoms with Crippen LogP contribution in [0.1, 0.15) is 39.8 Å². The van der Waals surface area contributed by atoms with Crippen molar-refractivity contribution in [3.8, 4) is 0 Å². The van der Waals surface area contributed by atoms with Gasteiger partial charge in [0.25, 0.3) is 5.91 Å². The first kappa shape index (κ1) is 17.4. The van der Waals surface area contributed by atoms with Crippen molar-refractivity contribution in [2.24, 2.45) is 0 Å². The number of aliphatic hydroxyl groups is 1. The molecule has 0 saturated carbocycles. The summed E-state index contributed by atoms with van der Waals surface area (Å²) in [5.74, 6) is -0.400. The molecule has 132 valence electrons. The Bertz CT molecular complexity index is 792. The third-order valence-corrected chi connectivity index (χ3v) is 4.25. The van der Waals surface area contributed by atoms with Crippen LogP contribution in [0.5, 0.6) is 0 Å². The zero-order valence-corrected chi connectivity index (χ0v) is 13.5. The Hall–Kier alpha value is -2.41. The van der Waals surface area contributed by atoms with Crippen LogP contribution < -0.4 is 0 Å². The molecule has 25 heavy (non-hydrogen) atoms.